The molecule has 246 valence electrons. The van der Waals surface area contributed by atoms with Crippen molar-refractivity contribution < 1.29 is 40.9 Å². The molecule has 0 aromatic rings. The number of fused-ring (bicyclic) bond motifs is 1. The van der Waals surface area contributed by atoms with E-state index in [1.165, 1.54) is 109 Å². The normalized spacial score (nSPS) is 27.1. The van der Waals surface area contributed by atoms with Crippen LogP contribution in [0.5, 0.6) is 0 Å². The number of unbranched alkanes of at least 4 members (excludes halogenated alkanes) is 10. The zero-order valence-corrected chi connectivity index (χ0v) is 28.9. The Balaban J connectivity index is 0.000000609. The van der Waals surface area contributed by atoms with Crippen LogP contribution in [0, 0.1) is 23.7 Å². The van der Waals surface area contributed by atoms with Crippen LogP contribution in [0.15, 0.2) is 0 Å². The molecule has 0 bridgehead atoms. The van der Waals surface area contributed by atoms with Crippen molar-refractivity contribution in [1.29, 1.82) is 0 Å². The Morgan fingerprint density at radius 2 is 1.05 bits per heavy atom. The fourth-order valence-electron chi connectivity index (χ4n) is 7.04. The third-order valence-electron chi connectivity index (χ3n) is 9.75. The first kappa shape index (κ1) is 40.5. The summed E-state index contributed by atoms with van der Waals surface area (Å²) in [5, 5.41) is 17.2. The van der Waals surface area contributed by atoms with Gasteiger partial charge in [-0.1, -0.05) is 117 Å². The van der Waals surface area contributed by atoms with E-state index in [0.29, 0.717) is 18.8 Å². The second kappa shape index (κ2) is 26.0. The minimum Gasteiger partial charge on any atom is -0.481 e. The van der Waals surface area contributed by atoms with Crippen LogP contribution in [-0.2, 0) is 30.7 Å². The van der Waals surface area contributed by atoms with E-state index in [9.17, 15) is 9.59 Å². The molecule has 0 radical (unpaired) electrons. The number of carboxylic acids is 2. The van der Waals surface area contributed by atoms with E-state index >= 15 is 0 Å². The Bertz CT molecular complexity index is 640. The zero-order valence-electron chi connectivity index (χ0n) is 26.6. The van der Waals surface area contributed by atoms with Gasteiger partial charge in [-0.3, -0.25) is 9.59 Å². The summed E-state index contributed by atoms with van der Waals surface area (Å²) in [7, 11) is 0. The maximum Gasteiger partial charge on any atom is 0.303 e. The Morgan fingerprint density at radius 3 is 1.49 bits per heavy atom. The Morgan fingerprint density at radius 1 is 0.634 bits per heavy atom. The van der Waals surface area contributed by atoms with Gasteiger partial charge in [0.25, 0.3) is 0 Å². The average molecular weight is 762 g/mol. The molecule has 0 aliphatic heterocycles. The molecule has 0 aromatic heterocycles. The number of carboxylic acid groups (broad SMARTS) is 2. The van der Waals surface area contributed by atoms with Gasteiger partial charge in [-0.15, -0.1) is 0 Å². The van der Waals surface area contributed by atoms with Gasteiger partial charge in [-0.25, -0.2) is 0 Å². The van der Waals surface area contributed by atoms with Crippen LogP contribution in [0.25, 0.3) is 0 Å². The molecule has 6 atom stereocenters. The van der Waals surface area contributed by atoms with E-state index < -0.39 is 11.9 Å². The molecule has 6 N–H and O–H groups in total. The minimum atomic E-state index is -0.657. The molecule has 4 unspecified atom stereocenters. The quantitative estimate of drug-likeness (QED) is 0.124. The number of hydrogen-bond acceptors (Lipinski definition) is 4. The molecule has 0 saturated heterocycles. The van der Waals surface area contributed by atoms with Gasteiger partial charge in [0.1, 0.15) is 0 Å². The van der Waals surface area contributed by atoms with Gasteiger partial charge in [0.05, 0.1) is 0 Å². The third kappa shape index (κ3) is 21.0. The van der Waals surface area contributed by atoms with Gasteiger partial charge >= 0.3 is 11.9 Å². The summed E-state index contributed by atoms with van der Waals surface area (Å²) in [5.74, 6) is 2.02. The summed E-state index contributed by atoms with van der Waals surface area (Å²) in [4.78, 5) is 20.9. The summed E-state index contributed by atoms with van der Waals surface area (Å²) in [6.07, 6.45) is 28.8. The number of hydrogen-bond donors (Lipinski definition) is 4. The van der Waals surface area contributed by atoms with E-state index in [1.807, 2.05) is 0 Å². The minimum absolute atomic E-state index is 0. The van der Waals surface area contributed by atoms with Crippen molar-refractivity contribution in [3.8, 4) is 0 Å². The maximum atomic E-state index is 10.6. The molecule has 7 heteroatoms. The summed E-state index contributed by atoms with van der Waals surface area (Å²) in [6, 6.07) is 0.562. The number of rotatable bonds is 15. The predicted octanol–water partition coefficient (Wildman–Crippen LogP) is 8.69. The maximum absolute atomic E-state index is 10.6. The molecule has 3 aliphatic rings. The van der Waals surface area contributed by atoms with Gasteiger partial charge in [0.2, 0.25) is 0 Å². The second-order valence-corrected chi connectivity index (χ2v) is 13.2. The van der Waals surface area contributed by atoms with Crippen molar-refractivity contribution in [1.82, 2.24) is 0 Å². The van der Waals surface area contributed by atoms with Crippen LogP contribution < -0.4 is 11.5 Å². The van der Waals surface area contributed by atoms with Gasteiger partial charge in [0, 0.05) is 46.0 Å². The van der Waals surface area contributed by atoms with Crippen LogP contribution in [0.2, 0.25) is 0 Å². The number of nitrogens with two attached hydrogens (primary N) is 2. The largest absolute Gasteiger partial charge is 0.481 e. The van der Waals surface area contributed by atoms with Crippen LogP contribution in [0.1, 0.15) is 168 Å². The molecule has 3 saturated carbocycles. The van der Waals surface area contributed by atoms with Crippen molar-refractivity contribution in [3.05, 3.63) is 0 Å². The molecule has 3 fully saturated rings. The first-order valence-corrected chi connectivity index (χ1v) is 17.2. The number of carbonyl (C=O) groups is 2. The average Bonchev–Trinajstić information content (AvgIpc) is 2.93. The van der Waals surface area contributed by atoms with Gasteiger partial charge in [-0.2, -0.15) is 0 Å². The molecular weight excluding hydrogens is 695 g/mol. The molecular formula is C34H66N2O4Pt. The van der Waals surface area contributed by atoms with Crippen LogP contribution >= 0.6 is 0 Å². The van der Waals surface area contributed by atoms with Crippen molar-refractivity contribution >= 4 is 11.9 Å². The van der Waals surface area contributed by atoms with Crippen molar-refractivity contribution in [2.24, 2.45) is 35.1 Å². The monoisotopic (exact) mass is 761 g/mol. The van der Waals surface area contributed by atoms with Gasteiger partial charge in [0.15, 0.2) is 0 Å². The Kier molecular flexibility index (Phi) is 25.7. The van der Waals surface area contributed by atoms with Gasteiger partial charge in [-0.05, 0) is 62.2 Å². The van der Waals surface area contributed by atoms with E-state index in [-0.39, 0.29) is 33.1 Å². The Hall–Kier alpha value is -0.452. The first-order valence-electron chi connectivity index (χ1n) is 17.2. The fourth-order valence-corrected chi connectivity index (χ4v) is 7.04. The summed E-state index contributed by atoms with van der Waals surface area (Å²) in [5.41, 5.74) is 11.3. The van der Waals surface area contributed by atoms with Crippen LogP contribution in [-0.4, -0.2) is 34.2 Å². The third-order valence-corrected chi connectivity index (χ3v) is 9.75. The van der Waals surface area contributed by atoms with E-state index in [4.69, 9.17) is 21.7 Å². The summed E-state index contributed by atoms with van der Waals surface area (Å²) < 4.78 is 0. The second-order valence-electron chi connectivity index (χ2n) is 13.2. The molecule has 41 heavy (non-hydrogen) atoms. The predicted molar refractivity (Wildman–Crippen MR) is 167 cm³/mol. The SMILES string of the molecule is CC1CC2CCCCC2CC1CCC(=O)O.CCCCCCCCCCCCCC(=O)O.N[C@@H]1CCCC[C@H]1N.[Pt]. The van der Waals surface area contributed by atoms with Crippen molar-refractivity contribution in [2.45, 2.75) is 180 Å². The standard InChI is InChI=1S/C14H24O2.C14H28O2.C6H14N2.Pt/c1-10-8-12-4-2-3-5-13(12)9-11(10)6-7-14(15)16;1-2-3-4-5-6-7-8-9-10-11-12-13-14(15)16;7-5-3-1-2-4-6(5)8;/h10-13H,2-9H2,1H3,(H,15,16);2-13H2,1H3,(H,15,16);5-6H,1-4,7-8H2;/t;;5-,6-;/m..1./s1. The van der Waals surface area contributed by atoms with Crippen LogP contribution in [0.4, 0.5) is 0 Å². The molecule has 3 rings (SSSR count). The zero-order chi connectivity index (χ0) is 29.6. The fraction of sp³-hybridized carbons (Fsp3) is 0.941. The van der Waals surface area contributed by atoms with E-state index in [2.05, 4.69) is 13.8 Å². The van der Waals surface area contributed by atoms with E-state index in [1.54, 1.807) is 0 Å². The molecule has 0 amide bonds. The summed E-state index contributed by atoms with van der Waals surface area (Å²) in [6.45, 7) is 4.58. The first-order chi connectivity index (χ1) is 19.2. The van der Waals surface area contributed by atoms with Crippen LogP contribution in [0.3, 0.4) is 0 Å². The molecule has 0 heterocycles. The smallest absolute Gasteiger partial charge is 0.303 e. The van der Waals surface area contributed by atoms with E-state index in [0.717, 1.165) is 49.9 Å². The number of aliphatic carboxylic acids is 2. The topological polar surface area (TPSA) is 127 Å². The van der Waals surface area contributed by atoms with Gasteiger partial charge < -0.3 is 21.7 Å². The van der Waals surface area contributed by atoms with Crippen molar-refractivity contribution in [2.75, 3.05) is 0 Å². The molecule has 3 aliphatic carbocycles. The molecule has 0 spiro atoms. The molecule has 0 aromatic carbocycles. The summed E-state index contributed by atoms with van der Waals surface area (Å²) >= 11 is 0. The van der Waals surface area contributed by atoms with Crippen molar-refractivity contribution in [3.63, 3.8) is 0 Å². The Labute approximate surface area is 267 Å². The molecule has 6 nitrogen and oxygen atoms in total.